The first-order chi connectivity index (χ1) is 31.8. The average molecular weight is 935 g/mol. The minimum absolute atomic E-state index is 0.105. The van der Waals surface area contributed by atoms with Crippen LogP contribution in [0.15, 0.2) is 109 Å². The lowest BCUT2D eigenvalue weighted by atomic mass is 10.00. The van der Waals surface area contributed by atoms with E-state index < -0.39 is 17.2 Å². The highest BCUT2D eigenvalue weighted by atomic mass is 31.2. The highest BCUT2D eigenvalue weighted by Gasteiger charge is 2.33. The van der Waals surface area contributed by atoms with Crippen molar-refractivity contribution in [3.63, 3.8) is 0 Å². The van der Waals surface area contributed by atoms with Gasteiger partial charge in [0, 0.05) is 41.8 Å². The quantitative estimate of drug-likeness (QED) is 0.0522. The van der Waals surface area contributed by atoms with E-state index in [2.05, 4.69) is 0 Å². The second kappa shape index (κ2) is 20.7. The van der Waals surface area contributed by atoms with Gasteiger partial charge < -0.3 is 50.8 Å². The topological polar surface area (TPSA) is 170 Å². The van der Waals surface area contributed by atoms with E-state index in [9.17, 15) is 19.2 Å². The zero-order chi connectivity index (χ0) is 47.1. The molecule has 1 heterocycles. The fraction of sp³-hybridized carbons (Fsp3) is 0.184. The third-order valence-corrected chi connectivity index (χ3v) is 12.1. The van der Waals surface area contributed by atoms with Crippen LogP contribution in [0.2, 0.25) is 0 Å². The summed E-state index contributed by atoms with van der Waals surface area (Å²) in [7, 11) is 0.853. The van der Waals surface area contributed by atoms with Gasteiger partial charge in [-0.1, -0.05) is 24.3 Å². The molecule has 0 N–H and O–H groups in total. The number of Topliss-reactive ketones (excluding diaryl/α,β-unsaturated/α-hetero) is 4. The molecular formula is C49H44O15P2. The van der Waals surface area contributed by atoms with Crippen molar-refractivity contribution in [2.24, 2.45) is 0 Å². The van der Waals surface area contributed by atoms with E-state index in [1.54, 1.807) is 72.8 Å². The molecule has 1 aliphatic heterocycles. The van der Waals surface area contributed by atoms with Crippen molar-refractivity contribution >= 4 is 40.3 Å². The normalized spacial score (nSPS) is 11.3. The third-order valence-electron chi connectivity index (χ3n) is 10.0. The van der Waals surface area contributed by atoms with Gasteiger partial charge in [-0.2, -0.15) is 0 Å². The van der Waals surface area contributed by atoms with Gasteiger partial charge in [-0.15, -0.1) is 0 Å². The maximum atomic E-state index is 12.8. The average Bonchev–Trinajstić information content (AvgIpc) is 3.30. The Morgan fingerprint density at radius 1 is 0.394 bits per heavy atom. The number of para-hydroxylation sites is 2. The minimum Gasteiger partial charge on any atom is -0.497 e. The Labute approximate surface area is 383 Å². The van der Waals surface area contributed by atoms with Crippen LogP contribution < -0.4 is 50.8 Å². The number of carbonyl (C=O) groups excluding carboxylic acids is 4. The second-order valence-electron chi connectivity index (χ2n) is 14.4. The summed E-state index contributed by atoms with van der Waals surface area (Å²) in [5, 5.41) is 0. The third kappa shape index (κ3) is 10.6. The molecule has 0 saturated heterocycles. The van der Waals surface area contributed by atoms with E-state index >= 15 is 0 Å². The van der Waals surface area contributed by atoms with Crippen molar-refractivity contribution in [1.82, 2.24) is 0 Å². The van der Waals surface area contributed by atoms with E-state index in [0.717, 1.165) is 11.1 Å². The summed E-state index contributed by atoms with van der Waals surface area (Å²) < 4.78 is 67.1. The van der Waals surface area contributed by atoms with Gasteiger partial charge in [-0.3, -0.25) is 19.2 Å². The second-order valence-corrected chi connectivity index (χ2v) is 16.4. The van der Waals surface area contributed by atoms with Gasteiger partial charge in [-0.05, 0) is 88.4 Å². The van der Waals surface area contributed by atoms with Crippen molar-refractivity contribution in [3.05, 3.63) is 143 Å². The fourth-order valence-electron chi connectivity index (χ4n) is 6.66. The van der Waals surface area contributed by atoms with Crippen molar-refractivity contribution in [1.29, 1.82) is 0 Å². The molecule has 0 aromatic heterocycles. The molecule has 0 bridgehead atoms. The first-order valence-electron chi connectivity index (χ1n) is 20.1. The summed E-state index contributed by atoms with van der Waals surface area (Å²) >= 11 is 0. The van der Waals surface area contributed by atoms with Crippen LogP contribution in [0.3, 0.4) is 0 Å². The van der Waals surface area contributed by atoms with Gasteiger partial charge in [-0.25, -0.2) is 0 Å². The van der Waals surface area contributed by atoms with Crippen LogP contribution in [0, 0.1) is 0 Å². The molecule has 0 fully saturated rings. The molecule has 0 atom stereocenters. The summed E-state index contributed by atoms with van der Waals surface area (Å²) in [6.45, 7) is 5.58. The summed E-state index contributed by atoms with van der Waals surface area (Å²) in [6.07, 6.45) is 0.349. The molecule has 0 unspecified atom stereocenters. The van der Waals surface area contributed by atoms with E-state index in [-0.39, 0.29) is 91.4 Å². The van der Waals surface area contributed by atoms with Crippen LogP contribution in [0.4, 0.5) is 0 Å². The number of methoxy groups -OCH3 is 4. The Morgan fingerprint density at radius 2 is 0.667 bits per heavy atom. The largest absolute Gasteiger partial charge is 0.530 e. The number of ketones is 4. The van der Waals surface area contributed by atoms with Crippen LogP contribution in [0.1, 0.15) is 80.3 Å². The molecule has 340 valence electrons. The summed E-state index contributed by atoms with van der Waals surface area (Å²) in [4.78, 5) is 51.3. The Bertz CT molecular complexity index is 2500. The zero-order valence-corrected chi connectivity index (χ0v) is 38.9. The summed E-state index contributed by atoms with van der Waals surface area (Å²) in [5.41, 5.74) is 2.36. The highest BCUT2D eigenvalue weighted by Crippen LogP contribution is 2.54. The summed E-state index contributed by atoms with van der Waals surface area (Å²) in [6, 6.07) is 29.5. The van der Waals surface area contributed by atoms with Gasteiger partial charge in [0.05, 0.1) is 50.7 Å². The lowest BCUT2D eigenvalue weighted by Gasteiger charge is -2.27. The predicted molar refractivity (Wildman–Crippen MR) is 245 cm³/mol. The van der Waals surface area contributed by atoms with Crippen molar-refractivity contribution in [2.45, 2.75) is 34.1 Å². The van der Waals surface area contributed by atoms with Crippen molar-refractivity contribution in [3.8, 4) is 69.0 Å². The molecule has 15 nitrogen and oxygen atoms in total. The molecule has 6 aromatic carbocycles. The Morgan fingerprint density at radius 3 is 0.924 bits per heavy atom. The fourth-order valence-corrected chi connectivity index (χ4v) is 8.74. The predicted octanol–water partition coefficient (Wildman–Crippen LogP) is 11.8. The number of carbonyl (C=O) groups is 4. The van der Waals surface area contributed by atoms with E-state index in [1.807, 2.05) is 12.1 Å². The molecule has 7 rings (SSSR count). The van der Waals surface area contributed by atoms with E-state index in [0.29, 0.717) is 29.4 Å². The number of ether oxygens (including phenoxy) is 5. The molecule has 66 heavy (non-hydrogen) atoms. The number of rotatable bonds is 20. The van der Waals surface area contributed by atoms with Gasteiger partial charge >= 0.3 is 17.2 Å². The first kappa shape index (κ1) is 46.6. The number of fused-ring (bicyclic) bond motifs is 2. The first-order valence-corrected chi connectivity index (χ1v) is 22.3. The molecule has 0 saturated carbocycles. The molecule has 0 radical (unpaired) electrons. The van der Waals surface area contributed by atoms with Crippen molar-refractivity contribution in [2.75, 3.05) is 28.4 Å². The summed E-state index contributed by atoms with van der Waals surface area (Å²) in [5.74, 6) is 1.78. The van der Waals surface area contributed by atoms with Gasteiger partial charge in [0.2, 0.25) is 0 Å². The van der Waals surface area contributed by atoms with Gasteiger partial charge in [0.15, 0.2) is 46.1 Å². The molecule has 17 heteroatoms. The maximum Gasteiger partial charge on any atom is 0.530 e. The Balaban J connectivity index is 1.28. The van der Waals surface area contributed by atoms with E-state index in [4.69, 9.17) is 50.8 Å². The lowest BCUT2D eigenvalue weighted by Crippen LogP contribution is -2.11. The van der Waals surface area contributed by atoms with Gasteiger partial charge in [0.1, 0.15) is 46.0 Å². The monoisotopic (exact) mass is 934 g/mol. The molecule has 6 aromatic rings. The van der Waals surface area contributed by atoms with E-state index in [1.165, 1.54) is 80.4 Å². The maximum absolute atomic E-state index is 12.8. The number of benzene rings is 6. The zero-order valence-electron chi connectivity index (χ0n) is 37.1. The molecule has 0 amide bonds. The van der Waals surface area contributed by atoms with Crippen LogP contribution in [-0.4, -0.2) is 51.6 Å². The van der Waals surface area contributed by atoms with Crippen LogP contribution in [0.25, 0.3) is 0 Å². The van der Waals surface area contributed by atoms with Crippen LogP contribution in [-0.2, 0) is 6.42 Å². The molecular weight excluding hydrogens is 890 g/mol. The van der Waals surface area contributed by atoms with Crippen LogP contribution in [0.5, 0.6) is 69.0 Å². The molecule has 0 spiro atoms. The van der Waals surface area contributed by atoms with Crippen molar-refractivity contribution < 1.29 is 70.0 Å². The minimum atomic E-state index is -2.53. The molecule has 1 aliphatic rings. The Hall–Kier alpha value is -7.34. The molecule has 0 aliphatic carbocycles. The smallest absolute Gasteiger partial charge is 0.497 e. The highest BCUT2D eigenvalue weighted by molar-refractivity contribution is 7.43. The number of hydrogen-bond donors (Lipinski definition) is 0. The SMILES string of the molecule is COc1ccc(C(C)=O)c(OP(Oc2cc(OC)ccc2C(C)=O)Oc2cccc3c2Oc2c(cccc2OP(Oc2cc(OC)ccc2C(C)=O)Oc2cc(OC)ccc2C(C)=O)C3)c1. The van der Waals surface area contributed by atoms with Gasteiger partial charge in [0.25, 0.3) is 0 Å². The van der Waals surface area contributed by atoms with Crippen LogP contribution >= 0.6 is 17.2 Å². The lowest BCUT2D eigenvalue weighted by molar-refractivity contribution is 0.100. The Kier molecular flexibility index (Phi) is 14.6. The standard InChI is InChI=1S/C49H44O15P2/c1-28(50)38-19-15-34(54-5)24-44(38)61-65(62-45-25-35(55-6)16-20-39(45)29(2)51)59-42-13-9-11-32-23-33-12-10-14-43(49(33)58-48(32)42)60-66(63-46-26-36(56-7)17-21-40(46)30(3)52)64-47-27-37(57-8)18-22-41(47)31(4)53/h9-22,24-27H,23H2,1-8H3. The number of hydrogen-bond acceptors (Lipinski definition) is 15.